The second-order valence-electron chi connectivity index (χ2n) is 3.96. The highest BCUT2D eigenvalue weighted by atomic mass is 16.6. The fourth-order valence-electron chi connectivity index (χ4n) is 1.68. The molecule has 0 unspecified atom stereocenters. The molecule has 0 amide bonds. The molecule has 6 heteroatoms. The summed E-state index contributed by atoms with van der Waals surface area (Å²) in [5, 5.41) is 11.2. The Morgan fingerprint density at radius 1 is 1.32 bits per heavy atom. The average Bonchev–Trinajstić information content (AvgIpc) is 2.89. The maximum atomic E-state index is 11.2. The number of nitrogens with one attached hydrogen (secondary N) is 1. The molecule has 1 aromatic heterocycles. The summed E-state index contributed by atoms with van der Waals surface area (Å²) in [6, 6.07) is 8.64. The van der Waals surface area contributed by atoms with E-state index in [2.05, 4.69) is 5.43 Å². The normalized spacial score (nSPS) is 10.2. The summed E-state index contributed by atoms with van der Waals surface area (Å²) in [5.41, 5.74) is 3.29. The van der Waals surface area contributed by atoms with E-state index in [1.54, 1.807) is 35.3 Å². The van der Waals surface area contributed by atoms with Crippen molar-refractivity contribution in [2.24, 2.45) is 0 Å². The molecule has 0 saturated carbocycles. The second kappa shape index (κ2) is 5.90. The van der Waals surface area contributed by atoms with E-state index in [1.807, 2.05) is 19.1 Å². The van der Waals surface area contributed by atoms with Crippen LogP contribution in [0.1, 0.15) is 13.3 Å². The first-order valence-electron chi connectivity index (χ1n) is 6.02. The number of rotatable bonds is 6. The van der Waals surface area contributed by atoms with Crippen molar-refractivity contribution in [2.75, 3.05) is 12.0 Å². The van der Waals surface area contributed by atoms with E-state index in [4.69, 9.17) is 4.74 Å². The van der Waals surface area contributed by atoms with E-state index in [9.17, 15) is 10.1 Å². The molecule has 0 saturated heterocycles. The fourth-order valence-corrected chi connectivity index (χ4v) is 1.68. The van der Waals surface area contributed by atoms with Crippen LogP contribution in [0.5, 0.6) is 5.75 Å². The van der Waals surface area contributed by atoms with Crippen LogP contribution in [0.3, 0.4) is 0 Å². The first-order chi connectivity index (χ1) is 9.22. The van der Waals surface area contributed by atoms with Gasteiger partial charge in [-0.15, -0.1) is 0 Å². The van der Waals surface area contributed by atoms with Gasteiger partial charge in [-0.2, -0.15) is 0 Å². The minimum Gasteiger partial charge on any atom is -0.487 e. The van der Waals surface area contributed by atoms with Crippen LogP contribution < -0.4 is 10.2 Å². The van der Waals surface area contributed by atoms with E-state index in [0.29, 0.717) is 12.3 Å². The van der Waals surface area contributed by atoms with Crippen molar-refractivity contribution in [3.05, 3.63) is 52.8 Å². The Balaban J connectivity index is 2.33. The van der Waals surface area contributed by atoms with Gasteiger partial charge < -0.3 is 4.74 Å². The van der Waals surface area contributed by atoms with E-state index in [-0.39, 0.29) is 11.4 Å². The highest BCUT2D eigenvalue weighted by molar-refractivity contribution is 5.68. The average molecular weight is 261 g/mol. The number of nitrogens with zero attached hydrogens (tertiary/aromatic N) is 2. The van der Waals surface area contributed by atoms with Crippen molar-refractivity contribution in [2.45, 2.75) is 13.3 Å². The molecule has 0 spiro atoms. The predicted molar refractivity (Wildman–Crippen MR) is 72.3 cm³/mol. The van der Waals surface area contributed by atoms with Gasteiger partial charge in [-0.3, -0.25) is 20.2 Å². The Bertz CT molecular complexity index is 552. The number of ether oxygens (including phenoxy) is 1. The molecule has 19 heavy (non-hydrogen) atoms. The summed E-state index contributed by atoms with van der Waals surface area (Å²) < 4.78 is 7.06. The Morgan fingerprint density at radius 2 is 2.05 bits per heavy atom. The highest BCUT2D eigenvalue weighted by Gasteiger charge is 2.21. The van der Waals surface area contributed by atoms with Crippen LogP contribution in [0.4, 0.5) is 11.4 Å². The van der Waals surface area contributed by atoms with Crippen molar-refractivity contribution in [1.29, 1.82) is 0 Å². The summed E-state index contributed by atoms with van der Waals surface area (Å²) in [6.07, 6.45) is 4.33. The molecule has 100 valence electrons. The van der Waals surface area contributed by atoms with Crippen LogP contribution in [0.15, 0.2) is 42.7 Å². The van der Waals surface area contributed by atoms with Crippen molar-refractivity contribution < 1.29 is 9.66 Å². The molecule has 0 aliphatic heterocycles. The predicted octanol–water partition coefficient (Wildman–Crippen LogP) is 3.06. The van der Waals surface area contributed by atoms with E-state index in [1.165, 1.54) is 0 Å². The quantitative estimate of drug-likeness (QED) is 0.641. The first kappa shape index (κ1) is 12.9. The largest absolute Gasteiger partial charge is 0.487 e. The van der Waals surface area contributed by atoms with Gasteiger partial charge in [0.15, 0.2) is 5.75 Å². The lowest BCUT2D eigenvalue weighted by Crippen LogP contribution is -2.09. The van der Waals surface area contributed by atoms with Crippen LogP contribution in [0.25, 0.3) is 0 Å². The summed E-state index contributed by atoms with van der Waals surface area (Å²) in [5.74, 6) is 0.281. The SMILES string of the molecule is CCCOc1cccc(Nn2cccc2)c1[N+](=O)[O-]. The topological polar surface area (TPSA) is 69.3 Å². The smallest absolute Gasteiger partial charge is 0.335 e. The number of hydrogen-bond acceptors (Lipinski definition) is 4. The van der Waals surface area contributed by atoms with E-state index >= 15 is 0 Å². The first-order valence-corrected chi connectivity index (χ1v) is 6.02. The molecule has 0 aliphatic rings. The van der Waals surface area contributed by atoms with Crippen molar-refractivity contribution >= 4 is 11.4 Å². The van der Waals surface area contributed by atoms with Gasteiger partial charge in [0.2, 0.25) is 0 Å². The third-order valence-electron chi connectivity index (χ3n) is 2.50. The fraction of sp³-hybridized carbons (Fsp3) is 0.231. The molecule has 2 aromatic rings. The third-order valence-corrected chi connectivity index (χ3v) is 2.50. The van der Waals surface area contributed by atoms with Gasteiger partial charge in [-0.1, -0.05) is 13.0 Å². The molecule has 0 fully saturated rings. The standard InChI is InChI=1S/C13H15N3O3/c1-2-10-19-12-7-5-6-11(13(12)16(17)18)14-15-8-3-4-9-15/h3-9,14H,2,10H2,1H3. The third kappa shape index (κ3) is 3.04. The summed E-state index contributed by atoms with van der Waals surface area (Å²) in [7, 11) is 0. The maximum absolute atomic E-state index is 11.2. The van der Waals surface area contributed by atoms with E-state index < -0.39 is 4.92 Å². The second-order valence-corrected chi connectivity index (χ2v) is 3.96. The van der Waals surface area contributed by atoms with Gasteiger partial charge in [-0.05, 0) is 30.7 Å². The van der Waals surface area contributed by atoms with Gasteiger partial charge in [0.25, 0.3) is 0 Å². The number of anilines is 1. The zero-order valence-corrected chi connectivity index (χ0v) is 10.6. The zero-order chi connectivity index (χ0) is 13.7. The minimum atomic E-state index is -0.434. The van der Waals surface area contributed by atoms with Gasteiger partial charge in [0.05, 0.1) is 11.5 Å². The lowest BCUT2D eigenvalue weighted by molar-refractivity contribution is -0.385. The molecule has 1 heterocycles. The Hall–Kier alpha value is -2.50. The minimum absolute atomic E-state index is 0.0512. The lowest BCUT2D eigenvalue weighted by atomic mass is 10.2. The van der Waals surface area contributed by atoms with Crippen LogP contribution in [0.2, 0.25) is 0 Å². The lowest BCUT2D eigenvalue weighted by Gasteiger charge is -2.11. The molecule has 0 atom stereocenters. The van der Waals surface area contributed by atoms with Gasteiger partial charge in [0.1, 0.15) is 5.69 Å². The van der Waals surface area contributed by atoms with Crippen LogP contribution in [-0.4, -0.2) is 16.2 Å². The number of hydrogen-bond donors (Lipinski definition) is 1. The molecule has 0 radical (unpaired) electrons. The van der Waals surface area contributed by atoms with Crippen LogP contribution in [-0.2, 0) is 0 Å². The number of nitro benzene ring substituents is 1. The molecule has 6 nitrogen and oxygen atoms in total. The zero-order valence-electron chi connectivity index (χ0n) is 10.6. The van der Waals surface area contributed by atoms with Gasteiger partial charge in [-0.25, -0.2) is 0 Å². The molecule has 0 aliphatic carbocycles. The molecule has 2 rings (SSSR count). The number of benzene rings is 1. The van der Waals surface area contributed by atoms with Crippen LogP contribution in [0, 0.1) is 10.1 Å². The van der Waals surface area contributed by atoms with Crippen LogP contribution >= 0.6 is 0 Å². The molecular formula is C13H15N3O3. The molecule has 1 N–H and O–H groups in total. The molecular weight excluding hydrogens is 246 g/mol. The molecule has 1 aromatic carbocycles. The summed E-state index contributed by atoms with van der Waals surface area (Å²) in [4.78, 5) is 10.8. The van der Waals surface area contributed by atoms with Crippen molar-refractivity contribution in [1.82, 2.24) is 4.68 Å². The summed E-state index contributed by atoms with van der Waals surface area (Å²) in [6.45, 7) is 2.40. The summed E-state index contributed by atoms with van der Waals surface area (Å²) >= 11 is 0. The monoisotopic (exact) mass is 261 g/mol. The Labute approximate surface area is 110 Å². The number of aromatic nitrogens is 1. The Morgan fingerprint density at radius 3 is 2.68 bits per heavy atom. The van der Waals surface area contributed by atoms with Gasteiger partial charge >= 0.3 is 5.69 Å². The number of para-hydroxylation sites is 1. The van der Waals surface area contributed by atoms with Crippen molar-refractivity contribution in [3.8, 4) is 5.75 Å². The van der Waals surface area contributed by atoms with E-state index in [0.717, 1.165) is 6.42 Å². The molecule has 0 bridgehead atoms. The highest BCUT2D eigenvalue weighted by Crippen LogP contribution is 2.34. The van der Waals surface area contributed by atoms with Gasteiger partial charge in [0, 0.05) is 12.4 Å². The maximum Gasteiger partial charge on any atom is 0.335 e. The van der Waals surface area contributed by atoms with Crippen molar-refractivity contribution in [3.63, 3.8) is 0 Å². The Kier molecular flexibility index (Phi) is 4.02. The number of nitro groups is 1.